The minimum Gasteiger partial charge on any atom is -0.370 e. The highest BCUT2D eigenvalue weighted by atomic mass is 31.1. The Morgan fingerprint density at radius 3 is 2.27 bits per heavy atom. The Balaban J connectivity index is 1.48. The van der Waals surface area contributed by atoms with Crippen molar-refractivity contribution in [2.75, 3.05) is 12.3 Å². The summed E-state index contributed by atoms with van der Waals surface area (Å²) in [7, 11) is 0.960. The van der Waals surface area contributed by atoms with Gasteiger partial charge in [0.2, 0.25) is 0 Å². The molecule has 64 valence electrons. The number of hydrogen-bond donors (Lipinski definition) is 1. The highest BCUT2D eigenvalue weighted by molar-refractivity contribution is 7.38. The number of ether oxygens (including phenoxy) is 2. The first-order valence-electron chi connectivity index (χ1n) is 4.04. The van der Waals surface area contributed by atoms with Crippen LogP contribution in [0.4, 0.5) is 0 Å². The third-order valence-electron chi connectivity index (χ3n) is 2.15. The van der Waals surface area contributed by atoms with Gasteiger partial charge in [-0.25, -0.2) is 0 Å². The van der Waals surface area contributed by atoms with Crippen LogP contribution in [0.3, 0.4) is 0 Å². The van der Waals surface area contributed by atoms with Crippen LogP contribution in [0.25, 0.3) is 0 Å². The smallest absolute Gasteiger partial charge is 0.133 e. The van der Waals surface area contributed by atoms with Crippen LogP contribution in [0.1, 0.15) is 6.92 Å². The summed E-state index contributed by atoms with van der Waals surface area (Å²) >= 11 is 0. The highest BCUT2D eigenvalue weighted by Gasteiger charge is 2.37. The fraction of sp³-hybridized carbons (Fsp3) is 1.00. The second-order valence-corrected chi connectivity index (χ2v) is 4.49. The first-order chi connectivity index (χ1) is 5.27. The van der Waals surface area contributed by atoms with Crippen LogP contribution >= 0.6 is 8.58 Å². The molecule has 3 nitrogen and oxygen atoms in total. The quantitative estimate of drug-likeness (QED) is 0.488. The molecular weight excluding hydrogens is 161 g/mol. The average molecular weight is 175 g/mol. The lowest BCUT2D eigenvalue weighted by Crippen LogP contribution is -2.07. The number of hydrogen-bond acceptors (Lipinski definition) is 3. The molecule has 0 aromatic carbocycles. The van der Waals surface area contributed by atoms with Gasteiger partial charge >= 0.3 is 0 Å². The Morgan fingerprint density at radius 2 is 1.82 bits per heavy atom. The van der Waals surface area contributed by atoms with E-state index in [1.165, 1.54) is 6.16 Å². The van der Waals surface area contributed by atoms with Gasteiger partial charge in [-0.1, -0.05) is 0 Å². The van der Waals surface area contributed by atoms with Crippen LogP contribution < -0.4 is 5.73 Å². The summed E-state index contributed by atoms with van der Waals surface area (Å²) in [6.07, 6.45) is 3.80. The van der Waals surface area contributed by atoms with Gasteiger partial charge in [-0.15, -0.1) is 8.58 Å². The van der Waals surface area contributed by atoms with Gasteiger partial charge in [0.15, 0.2) is 0 Å². The van der Waals surface area contributed by atoms with Gasteiger partial charge in [-0.05, 0) is 19.2 Å². The van der Waals surface area contributed by atoms with Crippen LogP contribution in [-0.4, -0.2) is 36.9 Å². The summed E-state index contributed by atoms with van der Waals surface area (Å²) in [6.45, 7) is 2.12. The van der Waals surface area contributed by atoms with Crippen molar-refractivity contribution >= 4 is 8.58 Å². The van der Waals surface area contributed by atoms with Crippen LogP contribution in [0.15, 0.2) is 0 Å². The van der Waals surface area contributed by atoms with Gasteiger partial charge in [0.25, 0.3) is 0 Å². The van der Waals surface area contributed by atoms with Crippen molar-refractivity contribution in [2.45, 2.75) is 31.5 Å². The Labute approximate surface area is 68.4 Å². The van der Waals surface area contributed by atoms with Crippen molar-refractivity contribution in [1.29, 1.82) is 0 Å². The summed E-state index contributed by atoms with van der Waals surface area (Å²) in [4.78, 5) is 0. The normalized spacial score (nSPS) is 48.5. The molecule has 5 atom stereocenters. The molecule has 0 aliphatic carbocycles. The Kier molecular flexibility index (Phi) is 2.15. The van der Waals surface area contributed by atoms with E-state index in [2.05, 4.69) is 6.92 Å². The second-order valence-electron chi connectivity index (χ2n) is 3.18. The van der Waals surface area contributed by atoms with E-state index in [1.54, 1.807) is 0 Å². The summed E-state index contributed by atoms with van der Waals surface area (Å²) < 4.78 is 10.4. The number of nitrogens with two attached hydrogens (primary N) is 1. The van der Waals surface area contributed by atoms with E-state index < -0.39 is 0 Å². The maximum absolute atomic E-state index is 5.48. The SMILES string of the molecule is CC1OC1CPCC1OC1N. The highest BCUT2D eigenvalue weighted by Crippen LogP contribution is 2.31. The average Bonchev–Trinajstić information content (AvgIpc) is 2.79. The fourth-order valence-electron chi connectivity index (χ4n) is 1.13. The van der Waals surface area contributed by atoms with Crippen molar-refractivity contribution < 1.29 is 9.47 Å². The molecule has 2 N–H and O–H groups in total. The van der Waals surface area contributed by atoms with Gasteiger partial charge in [0, 0.05) is 0 Å². The molecule has 2 aliphatic heterocycles. The van der Waals surface area contributed by atoms with E-state index in [0.717, 1.165) is 14.7 Å². The molecule has 0 amide bonds. The zero-order chi connectivity index (χ0) is 7.84. The first kappa shape index (κ1) is 7.93. The monoisotopic (exact) mass is 175 g/mol. The van der Waals surface area contributed by atoms with E-state index >= 15 is 0 Å². The van der Waals surface area contributed by atoms with Gasteiger partial charge in [0.1, 0.15) is 12.3 Å². The third-order valence-corrected chi connectivity index (χ3v) is 3.53. The predicted molar refractivity (Wildman–Crippen MR) is 45.2 cm³/mol. The van der Waals surface area contributed by atoms with Crippen molar-refractivity contribution in [1.82, 2.24) is 0 Å². The van der Waals surface area contributed by atoms with E-state index in [4.69, 9.17) is 15.2 Å². The number of rotatable bonds is 4. The molecule has 2 rings (SSSR count). The van der Waals surface area contributed by atoms with Gasteiger partial charge < -0.3 is 15.2 Å². The van der Waals surface area contributed by atoms with Crippen LogP contribution in [0, 0.1) is 0 Å². The summed E-state index contributed by atoms with van der Waals surface area (Å²) in [6, 6.07) is 0. The Morgan fingerprint density at radius 1 is 1.27 bits per heavy atom. The van der Waals surface area contributed by atoms with Crippen molar-refractivity contribution in [3.05, 3.63) is 0 Å². The zero-order valence-electron chi connectivity index (χ0n) is 6.62. The molecule has 2 aliphatic rings. The predicted octanol–water partition coefficient (Wildman–Crippen LogP) is 0.136. The third kappa shape index (κ3) is 2.12. The molecule has 0 saturated carbocycles. The summed E-state index contributed by atoms with van der Waals surface area (Å²) in [5.74, 6) is 0. The maximum Gasteiger partial charge on any atom is 0.133 e. The summed E-state index contributed by atoms with van der Waals surface area (Å²) in [5, 5.41) is 0. The minimum absolute atomic E-state index is 0.0417. The molecule has 0 aromatic rings. The van der Waals surface area contributed by atoms with E-state index in [1.807, 2.05) is 0 Å². The molecule has 0 bridgehead atoms. The Hall–Kier alpha value is 0.310. The molecule has 11 heavy (non-hydrogen) atoms. The summed E-state index contributed by atoms with van der Waals surface area (Å²) in [5.41, 5.74) is 5.48. The topological polar surface area (TPSA) is 51.1 Å². The maximum atomic E-state index is 5.48. The van der Waals surface area contributed by atoms with Gasteiger partial charge in [-0.3, -0.25) is 0 Å². The molecule has 0 aromatic heterocycles. The molecule has 2 saturated heterocycles. The van der Waals surface area contributed by atoms with Crippen LogP contribution in [0.5, 0.6) is 0 Å². The minimum atomic E-state index is 0.0417. The molecule has 0 spiro atoms. The standard InChI is InChI=1S/C7H14NO2P/c1-4-5(9-4)2-11-3-6-7(8)10-6/h4-7,11H,2-3,8H2,1H3. The van der Waals surface area contributed by atoms with Crippen molar-refractivity contribution in [2.24, 2.45) is 5.73 Å². The lowest BCUT2D eigenvalue weighted by Gasteiger charge is -1.93. The number of epoxide rings is 2. The van der Waals surface area contributed by atoms with E-state index in [0.29, 0.717) is 18.3 Å². The molecule has 4 heteroatoms. The van der Waals surface area contributed by atoms with E-state index in [-0.39, 0.29) is 6.23 Å². The second kappa shape index (κ2) is 2.98. The lowest BCUT2D eigenvalue weighted by atomic mass is 10.4. The zero-order valence-corrected chi connectivity index (χ0v) is 7.62. The van der Waals surface area contributed by atoms with Crippen LogP contribution in [0.2, 0.25) is 0 Å². The molecule has 2 fully saturated rings. The van der Waals surface area contributed by atoms with Gasteiger partial charge in [-0.2, -0.15) is 0 Å². The van der Waals surface area contributed by atoms with Gasteiger partial charge in [0.05, 0.1) is 12.2 Å². The molecule has 2 heterocycles. The Bertz CT molecular complexity index is 139. The van der Waals surface area contributed by atoms with Crippen molar-refractivity contribution in [3.63, 3.8) is 0 Å². The lowest BCUT2D eigenvalue weighted by molar-refractivity contribution is 0.383. The molecular formula is C7H14NO2P. The first-order valence-corrected chi connectivity index (χ1v) is 5.46. The molecule has 0 radical (unpaired) electrons. The fourth-order valence-corrected chi connectivity index (χ4v) is 2.63. The van der Waals surface area contributed by atoms with Crippen LogP contribution in [-0.2, 0) is 9.47 Å². The molecule has 5 unspecified atom stereocenters. The largest absolute Gasteiger partial charge is 0.370 e. The van der Waals surface area contributed by atoms with E-state index in [9.17, 15) is 0 Å². The van der Waals surface area contributed by atoms with Crippen molar-refractivity contribution in [3.8, 4) is 0 Å².